The molecule has 0 N–H and O–H groups in total. The van der Waals surface area contributed by atoms with Gasteiger partial charge in [-0.05, 0) is 17.7 Å². The Bertz CT molecular complexity index is 460. The van der Waals surface area contributed by atoms with Crippen LogP contribution in [0.1, 0.15) is 11.6 Å². The first-order valence-corrected chi connectivity index (χ1v) is 5.68. The molecule has 0 bridgehead atoms. The Kier molecular flexibility index (Phi) is 3.87. The van der Waals surface area contributed by atoms with Gasteiger partial charge in [0.05, 0.1) is 24.2 Å². The van der Waals surface area contributed by atoms with Crippen molar-refractivity contribution >= 4 is 5.69 Å². The molecule has 2 rings (SSSR count). The molecule has 94 valence electrons. The molecule has 1 aromatic rings. The van der Waals surface area contributed by atoms with Crippen molar-refractivity contribution < 1.29 is 9.66 Å². The van der Waals surface area contributed by atoms with Crippen LogP contribution in [0.15, 0.2) is 24.3 Å². The Hall–Kier alpha value is -1.97. The number of hydrogen-bond donors (Lipinski definition) is 0. The van der Waals surface area contributed by atoms with Crippen LogP contribution in [0.2, 0.25) is 0 Å². The summed E-state index contributed by atoms with van der Waals surface area (Å²) in [4.78, 5) is 12.1. The second-order valence-electron chi connectivity index (χ2n) is 4.03. The third-order valence-electron chi connectivity index (χ3n) is 2.95. The highest BCUT2D eigenvalue weighted by Crippen LogP contribution is 2.23. The first-order valence-electron chi connectivity index (χ1n) is 5.68. The average Bonchev–Trinajstić information content (AvgIpc) is 2.41. The van der Waals surface area contributed by atoms with Crippen molar-refractivity contribution in [3.8, 4) is 6.07 Å². The van der Waals surface area contributed by atoms with E-state index in [9.17, 15) is 15.4 Å². The van der Waals surface area contributed by atoms with Gasteiger partial charge in [-0.3, -0.25) is 15.0 Å². The third kappa shape index (κ3) is 2.64. The summed E-state index contributed by atoms with van der Waals surface area (Å²) in [5, 5.41) is 19.8. The monoisotopic (exact) mass is 247 g/mol. The first-order chi connectivity index (χ1) is 8.72. The molecule has 1 aromatic carbocycles. The lowest BCUT2D eigenvalue weighted by Crippen LogP contribution is -2.38. The minimum atomic E-state index is -0.445. The molecule has 0 amide bonds. The van der Waals surface area contributed by atoms with Crippen LogP contribution in [0, 0.1) is 21.4 Å². The van der Waals surface area contributed by atoms with E-state index in [1.807, 2.05) is 4.90 Å². The smallest absolute Gasteiger partial charge is 0.269 e. The molecule has 1 aliphatic heterocycles. The van der Waals surface area contributed by atoms with E-state index in [0.29, 0.717) is 26.3 Å². The van der Waals surface area contributed by atoms with E-state index >= 15 is 0 Å². The minimum Gasteiger partial charge on any atom is -0.379 e. The van der Waals surface area contributed by atoms with Crippen LogP contribution in [0.5, 0.6) is 0 Å². The lowest BCUT2D eigenvalue weighted by molar-refractivity contribution is -0.384. The van der Waals surface area contributed by atoms with Gasteiger partial charge < -0.3 is 4.74 Å². The molecule has 0 saturated carbocycles. The van der Waals surface area contributed by atoms with Crippen LogP contribution in [-0.4, -0.2) is 36.1 Å². The van der Waals surface area contributed by atoms with Gasteiger partial charge in [-0.2, -0.15) is 5.26 Å². The van der Waals surface area contributed by atoms with Gasteiger partial charge in [0.1, 0.15) is 6.04 Å². The summed E-state index contributed by atoms with van der Waals surface area (Å²) in [6.07, 6.45) is 0. The molecule has 0 spiro atoms. The Balaban J connectivity index is 2.17. The number of nitro benzene ring substituents is 1. The number of morpholine rings is 1. The zero-order valence-corrected chi connectivity index (χ0v) is 9.78. The second-order valence-corrected chi connectivity index (χ2v) is 4.03. The van der Waals surface area contributed by atoms with Gasteiger partial charge in [0.15, 0.2) is 0 Å². The number of nitrogens with zero attached hydrogens (tertiary/aromatic N) is 3. The van der Waals surface area contributed by atoms with Gasteiger partial charge >= 0.3 is 0 Å². The summed E-state index contributed by atoms with van der Waals surface area (Å²) in [7, 11) is 0. The number of nitro groups is 1. The van der Waals surface area contributed by atoms with Crippen molar-refractivity contribution in [2.24, 2.45) is 0 Å². The average molecular weight is 247 g/mol. The summed E-state index contributed by atoms with van der Waals surface area (Å²) in [6, 6.07) is 8.01. The van der Waals surface area contributed by atoms with Crippen molar-refractivity contribution in [3.63, 3.8) is 0 Å². The molecule has 1 atom stereocenters. The fourth-order valence-electron chi connectivity index (χ4n) is 1.98. The Morgan fingerprint density at radius 3 is 2.44 bits per heavy atom. The number of non-ortho nitro benzene ring substituents is 1. The maximum atomic E-state index is 10.6. The Morgan fingerprint density at radius 1 is 1.33 bits per heavy atom. The molecule has 0 radical (unpaired) electrons. The number of rotatable bonds is 3. The molecule has 1 heterocycles. The van der Waals surface area contributed by atoms with Gasteiger partial charge in [0.2, 0.25) is 0 Å². The van der Waals surface area contributed by atoms with Crippen LogP contribution in [0.3, 0.4) is 0 Å². The zero-order valence-electron chi connectivity index (χ0n) is 9.78. The van der Waals surface area contributed by atoms with Gasteiger partial charge in [-0.15, -0.1) is 0 Å². The van der Waals surface area contributed by atoms with Crippen molar-refractivity contribution in [1.29, 1.82) is 5.26 Å². The molecule has 6 heteroatoms. The summed E-state index contributed by atoms with van der Waals surface area (Å²) in [5.74, 6) is 0. The highest BCUT2D eigenvalue weighted by atomic mass is 16.6. The van der Waals surface area contributed by atoms with Gasteiger partial charge in [0, 0.05) is 25.2 Å². The highest BCUT2D eigenvalue weighted by Gasteiger charge is 2.22. The number of ether oxygens (including phenoxy) is 1. The molecule has 0 unspecified atom stereocenters. The van der Waals surface area contributed by atoms with E-state index in [0.717, 1.165) is 5.56 Å². The number of hydrogen-bond acceptors (Lipinski definition) is 5. The zero-order chi connectivity index (χ0) is 13.0. The van der Waals surface area contributed by atoms with Gasteiger partial charge in [0.25, 0.3) is 5.69 Å². The maximum absolute atomic E-state index is 10.6. The molecular formula is C12H13N3O3. The molecule has 0 aromatic heterocycles. The molecule has 0 aliphatic carbocycles. The topological polar surface area (TPSA) is 79.4 Å². The van der Waals surface area contributed by atoms with Crippen LogP contribution >= 0.6 is 0 Å². The van der Waals surface area contributed by atoms with E-state index in [1.54, 1.807) is 12.1 Å². The Labute approximate surface area is 105 Å². The standard InChI is InChI=1S/C12H13N3O3/c13-9-12(14-5-7-18-8-6-14)10-1-3-11(4-2-10)15(16)17/h1-4,12H,5-8H2/t12-/m1/s1. The summed E-state index contributed by atoms with van der Waals surface area (Å²) in [5.41, 5.74) is 0.822. The van der Waals surface area contributed by atoms with Crippen molar-refractivity contribution in [3.05, 3.63) is 39.9 Å². The second kappa shape index (κ2) is 5.58. The Morgan fingerprint density at radius 2 is 1.94 bits per heavy atom. The molecule has 1 aliphatic rings. The summed E-state index contributed by atoms with van der Waals surface area (Å²) in [6.45, 7) is 2.64. The minimum absolute atomic E-state index is 0.0393. The van der Waals surface area contributed by atoms with Gasteiger partial charge in [-0.1, -0.05) is 0 Å². The van der Waals surface area contributed by atoms with E-state index in [2.05, 4.69) is 6.07 Å². The van der Waals surface area contributed by atoms with Crippen molar-refractivity contribution in [1.82, 2.24) is 4.90 Å². The molecule has 6 nitrogen and oxygen atoms in total. The number of nitriles is 1. The first kappa shape index (κ1) is 12.5. The van der Waals surface area contributed by atoms with E-state index in [-0.39, 0.29) is 11.7 Å². The van der Waals surface area contributed by atoms with Crippen LogP contribution < -0.4 is 0 Å². The lowest BCUT2D eigenvalue weighted by atomic mass is 10.1. The molecule has 18 heavy (non-hydrogen) atoms. The molecular weight excluding hydrogens is 234 g/mol. The normalized spacial score (nSPS) is 17.9. The number of benzene rings is 1. The predicted octanol–water partition coefficient (Wildman–Crippen LogP) is 1.49. The van der Waals surface area contributed by atoms with E-state index in [1.165, 1.54) is 12.1 Å². The van der Waals surface area contributed by atoms with E-state index < -0.39 is 4.92 Å². The maximum Gasteiger partial charge on any atom is 0.269 e. The highest BCUT2D eigenvalue weighted by molar-refractivity contribution is 5.35. The van der Waals surface area contributed by atoms with Crippen LogP contribution in [0.4, 0.5) is 5.69 Å². The van der Waals surface area contributed by atoms with Gasteiger partial charge in [-0.25, -0.2) is 0 Å². The lowest BCUT2D eigenvalue weighted by Gasteiger charge is -2.30. The van der Waals surface area contributed by atoms with Crippen LogP contribution in [-0.2, 0) is 4.74 Å². The SMILES string of the molecule is N#C[C@H](c1ccc([N+](=O)[O-])cc1)N1CCOCC1. The predicted molar refractivity (Wildman–Crippen MR) is 63.8 cm³/mol. The van der Waals surface area contributed by atoms with Crippen molar-refractivity contribution in [2.75, 3.05) is 26.3 Å². The molecule has 1 saturated heterocycles. The fraction of sp³-hybridized carbons (Fsp3) is 0.417. The fourth-order valence-corrected chi connectivity index (χ4v) is 1.98. The van der Waals surface area contributed by atoms with Crippen LogP contribution in [0.25, 0.3) is 0 Å². The van der Waals surface area contributed by atoms with E-state index in [4.69, 9.17) is 4.74 Å². The largest absolute Gasteiger partial charge is 0.379 e. The van der Waals surface area contributed by atoms with Crippen molar-refractivity contribution in [2.45, 2.75) is 6.04 Å². The third-order valence-corrected chi connectivity index (χ3v) is 2.95. The summed E-state index contributed by atoms with van der Waals surface area (Å²) < 4.78 is 5.24. The quantitative estimate of drug-likeness (QED) is 0.597. The summed E-state index contributed by atoms with van der Waals surface area (Å²) >= 11 is 0. The molecule has 1 fully saturated rings.